The lowest BCUT2D eigenvalue weighted by atomic mass is 9.90. The number of hydrogen-bond acceptors (Lipinski definition) is 2. The molecule has 1 aliphatic heterocycles. The van der Waals surface area contributed by atoms with Crippen molar-refractivity contribution in [2.75, 3.05) is 0 Å². The van der Waals surface area contributed by atoms with Crippen molar-refractivity contribution in [1.29, 1.82) is 0 Å². The normalized spacial score (nSPS) is 30.3. The molecule has 0 radical (unpaired) electrons. The van der Waals surface area contributed by atoms with Gasteiger partial charge in [0.15, 0.2) is 0 Å². The summed E-state index contributed by atoms with van der Waals surface area (Å²) in [5.74, 6) is 0.199. The third kappa shape index (κ3) is 1.76. The molecule has 0 bridgehead atoms. The zero-order chi connectivity index (χ0) is 11.0. The molecule has 0 unspecified atom stereocenters. The van der Waals surface area contributed by atoms with Crippen molar-refractivity contribution < 1.29 is 9.53 Å². The Labute approximate surface area is 90.3 Å². The molecule has 1 aromatic rings. The highest BCUT2D eigenvalue weighted by Crippen LogP contribution is 2.38. The van der Waals surface area contributed by atoms with Crippen LogP contribution < -0.4 is 0 Å². The Morgan fingerprint density at radius 3 is 2.20 bits per heavy atom. The number of hydrogen-bond donors (Lipinski definition) is 0. The topological polar surface area (TPSA) is 26.3 Å². The number of carbonyl (C=O) groups is 1. The summed E-state index contributed by atoms with van der Waals surface area (Å²) < 4.78 is 5.37. The molecule has 15 heavy (non-hydrogen) atoms. The summed E-state index contributed by atoms with van der Waals surface area (Å²) in [5, 5.41) is 0. The van der Waals surface area contributed by atoms with Crippen LogP contribution in [-0.2, 0) is 9.53 Å². The Balaban J connectivity index is 2.25. The fraction of sp³-hybridized carbons (Fsp3) is 0.462. The molecule has 2 heteroatoms. The van der Waals surface area contributed by atoms with E-state index >= 15 is 0 Å². The largest absolute Gasteiger partial charge is 0.457 e. The molecular weight excluding hydrogens is 188 g/mol. The van der Waals surface area contributed by atoms with E-state index in [0.717, 1.165) is 5.56 Å². The first-order valence-electron chi connectivity index (χ1n) is 5.36. The van der Waals surface area contributed by atoms with Crippen LogP contribution in [-0.4, -0.2) is 5.97 Å². The Morgan fingerprint density at radius 2 is 1.73 bits per heavy atom. The molecule has 1 saturated heterocycles. The van der Waals surface area contributed by atoms with Crippen molar-refractivity contribution in [1.82, 2.24) is 0 Å². The summed E-state index contributed by atoms with van der Waals surface area (Å²) in [6, 6.07) is 8.20. The molecule has 3 atom stereocenters. The lowest BCUT2D eigenvalue weighted by molar-refractivity contribution is -0.144. The van der Waals surface area contributed by atoms with Crippen LogP contribution >= 0.6 is 0 Å². The number of esters is 1. The summed E-state index contributed by atoms with van der Waals surface area (Å²) in [7, 11) is 0. The fourth-order valence-electron chi connectivity index (χ4n) is 1.94. The summed E-state index contributed by atoms with van der Waals surface area (Å²) in [4.78, 5) is 11.4. The van der Waals surface area contributed by atoms with Gasteiger partial charge in [0.2, 0.25) is 0 Å². The molecule has 1 fully saturated rings. The van der Waals surface area contributed by atoms with Gasteiger partial charge in [-0.25, -0.2) is 0 Å². The first-order valence-corrected chi connectivity index (χ1v) is 5.36. The second-order valence-electron chi connectivity index (χ2n) is 4.42. The van der Waals surface area contributed by atoms with Gasteiger partial charge in [0.05, 0.1) is 5.92 Å². The van der Waals surface area contributed by atoms with Gasteiger partial charge in [0.1, 0.15) is 6.10 Å². The first-order chi connectivity index (χ1) is 7.09. The lowest BCUT2D eigenvalue weighted by Gasteiger charge is -2.15. The summed E-state index contributed by atoms with van der Waals surface area (Å²) >= 11 is 0. The van der Waals surface area contributed by atoms with E-state index in [1.54, 1.807) is 0 Å². The Hall–Kier alpha value is -1.31. The van der Waals surface area contributed by atoms with Crippen LogP contribution in [0.2, 0.25) is 0 Å². The maximum Gasteiger partial charge on any atom is 0.309 e. The third-order valence-electron chi connectivity index (χ3n) is 3.29. The van der Waals surface area contributed by atoms with Crippen molar-refractivity contribution in [2.24, 2.45) is 11.8 Å². The predicted molar refractivity (Wildman–Crippen MR) is 58.3 cm³/mol. The number of aryl methyl sites for hydroxylation is 1. The monoisotopic (exact) mass is 204 g/mol. The van der Waals surface area contributed by atoms with E-state index in [2.05, 4.69) is 26.0 Å². The van der Waals surface area contributed by atoms with Crippen LogP contribution in [0, 0.1) is 18.8 Å². The van der Waals surface area contributed by atoms with Gasteiger partial charge in [0, 0.05) is 5.92 Å². The third-order valence-corrected chi connectivity index (χ3v) is 3.29. The van der Waals surface area contributed by atoms with Crippen molar-refractivity contribution in [3.05, 3.63) is 35.4 Å². The van der Waals surface area contributed by atoms with Gasteiger partial charge in [-0.15, -0.1) is 0 Å². The van der Waals surface area contributed by atoms with Crippen LogP contribution in [0.25, 0.3) is 0 Å². The molecule has 1 aliphatic rings. The molecule has 1 heterocycles. The maximum atomic E-state index is 11.4. The molecule has 2 rings (SSSR count). The molecule has 0 aromatic heterocycles. The van der Waals surface area contributed by atoms with Gasteiger partial charge >= 0.3 is 5.97 Å². The summed E-state index contributed by atoms with van der Waals surface area (Å²) in [5.41, 5.74) is 2.33. The van der Waals surface area contributed by atoms with Crippen LogP contribution in [0.5, 0.6) is 0 Å². The highest BCUT2D eigenvalue weighted by atomic mass is 16.6. The molecule has 0 saturated carbocycles. The average molecular weight is 204 g/mol. The average Bonchev–Trinajstić information content (AvgIpc) is 2.47. The molecule has 1 aromatic carbocycles. The number of benzene rings is 1. The van der Waals surface area contributed by atoms with Crippen LogP contribution in [0.4, 0.5) is 0 Å². The molecule has 80 valence electrons. The lowest BCUT2D eigenvalue weighted by Crippen LogP contribution is -2.09. The quantitative estimate of drug-likeness (QED) is 0.657. The molecule has 0 N–H and O–H groups in total. The minimum Gasteiger partial charge on any atom is -0.457 e. The molecule has 0 spiro atoms. The van der Waals surface area contributed by atoms with E-state index < -0.39 is 0 Å². The molecule has 0 aliphatic carbocycles. The van der Waals surface area contributed by atoms with Gasteiger partial charge in [-0.05, 0) is 12.5 Å². The number of rotatable bonds is 1. The SMILES string of the molecule is Cc1ccc([C@H]2OC(=O)[C@@H](C)[C@@H]2C)cc1. The van der Waals surface area contributed by atoms with E-state index in [1.165, 1.54) is 5.56 Å². The Morgan fingerprint density at radius 1 is 1.13 bits per heavy atom. The molecule has 2 nitrogen and oxygen atoms in total. The van der Waals surface area contributed by atoms with Crippen molar-refractivity contribution in [3.63, 3.8) is 0 Å². The Bertz CT molecular complexity index is 367. The van der Waals surface area contributed by atoms with E-state index in [-0.39, 0.29) is 23.9 Å². The first kappa shape index (κ1) is 10.2. The standard InChI is InChI=1S/C13H16O2/c1-8-4-6-11(7-5-8)12-9(2)10(3)13(14)15-12/h4-7,9-10,12H,1-3H3/t9-,10-,12-/m0/s1. The fourth-order valence-corrected chi connectivity index (χ4v) is 1.94. The van der Waals surface area contributed by atoms with Gasteiger partial charge in [0.25, 0.3) is 0 Å². The van der Waals surface area contributed by atoms with Crippen molar-refractivity contribution in [2.45, 2.75) is 26.9 Å². The van der Waals surface area contributed by atoms with Gasteiger partial charge in [-0.2, -0.15) is 0 Å². The van der Waals surface area contributed by atoms with Gasteiger partial charge < -0.3 is 4.74 Å². The van der Waals surface area contributed by atoms with Crippen molar-refractivity contribution >= 4 is 5.97 Å². The smallest absolute Gasteiger partial charge is 0.309 e. The number of cyclic esters (lactones) is 1. The second-order valence-corrected chi connectivity index (χ2v) is 4.42. The number of carbonyl (C=O) groups excluding carboxylic acids is 1. The highest BCUT2D eigenvalue weighted by molar-refractivity contribution is 5.75. The summed E-state index contributed by atoms with van der Waals surface area (Å²) in [6.07, 6.45) is -0.0619. The van der Waals surface area contributed by atoms with Crippen molar-refractivity contribution in [3.8, 4) is 0 Å². The minimum absolute atomic E-state index is 0.0105. The molecular formula is C13H16O2. The second kappa shape index (κ2) is 3.69. The molecule has 0 amide bonds. The minimum atomic E-state index is -0.0759. The van der Waals surface area contributed by atoms with Gasteiger partial charge in [-0.1, -0.05) is 43.7 Å². The van der Waals surface area contributed by atoms with E-state index in [1.807, 2.05) is 19.1 Å². The highest BCUT2D eigenvalue weighted by Gasteiger charge is 2.39. The Kier molecular flexibility index (Phi) is 2.51. The number of ether oxygens (including phenoxy) is 1. The zero-order valence-corrected chi connectivity index (χ0v) is 9.36. The van der Waals surface area contributed by atoms with Crippen LogP contribution in [0.15, 0.2) is 24.3 Å². The van der Waals surface area contributed by atoms with E-state index in [4.69, 9.17) is 4.74 Å². The zero-order valence-electron chi connectivity index (χ0n) is 9.36. The van der Waals surface area contributed by atoms with Crippen LogP contribution in [0.3, 0.4) is 0 Å². The maximum absolute atomic E-state index is 11.4. The summed E-state index contributed by atoms with van der Waals surface area (Å²) in [6.45, 7) is 6.05. The predicted octanol–water partition coefficient (Wildman–Crippen LogP) is 2.87. The van der Waals surface area contributed by atoms with Crippen LogP contribution in [0.1, 0.15) is 31.1 Å². The van der Waals surface area contributed by atoms with E-state index in [9.17, 15) is 4.79 Å². The van der Waals surface area contributed by atoms with E-state index in [0.29, 0.717) is 0 Å². The van der Waals surface area contributed by atoms with Gasteiger partial charge in [-0.3, -0.25) is 4.79 Å².